The van der Waals surface area contributed by atoms with Crippen LogP contribution in [0.25, 0.3) is 0 Å². The number of nitrogens with zero attached hydrogens (tertiary/aromatic N) is 1. The highest BCUT2D eigenvalue weighted by atomic mass is 16.3. The van der Waals surface area contributed by atoms with E-state index in [4.69, 9.17) is 4.42 Å². The van der Waals surface area contributed by atoms with E-state index in [1.54, 1.807) is 0 Å². The Morgan fingerprint density at radius 3 is 2.50 bits per heavy atom. The Kier molecular flexibility index (Phi) is 5.60. The molecule has 0 spiro atoms. The van der Waals surface area contributed by atoms with Crippen molar-refractivity contribution >= 4 is 11.8 Å². The minimum absolute atomic E-state index is 0.442. The van der Waals surface area contributed by atoms with Gasteiger partial charge in [0.15, 0.2) is 0 Å². The first-order valence-corrected chi connectivity index (χ1v) is 7.77. The lowest BCUT2D eigenvalue weighted by molar-refractivity contribution is -0.139. The van der Waals surface area contributed by atoms with Gasteiger partial charge >= 0.3 is 11.8 Å². The summed E-state index contributed by atoms with van der Waals surface area (Å²) >= 11 is 0. The summed E-state index contributed by atoms with van der Waals surface area (Å²) in [5, 5.41) is 5.02. The van der Waals surface area contributed by atoms with Crippen molar-refractivity contribution in [3.63, 3.8) is 0 Å². The number of nitrogens with one attached hydrogen (secondary N) is 2. The van der Waals surface area contributed by atoms with E-state index in [0.29, 0.717) is 12.5 Å². The molecule has 1 aliphatic heterocycles. The maximum atomic E-state index is 11.4. The highest BCUT2D eigenvalue weighted by Gasteiger charge is 2.21. The molecule has 6 nitrogen and oxygen atoms in total. The van der Waals surface area contributed by atoms with Crippen molar-refractivity contribution in [1.29, 1.82) is 0 Å². The lowest BCUT2D eigenvalue weighted by atomic mass is 9.96. The van der Waals surface area contributed by atoms with Crippen LogP contribution in [-0.2, 0) is 16.1 Å². The molecule has 122 valence electrons. The molecule has 0 aliphatic carbocycles. The van der Waals surface area contributed by atoms with Crippen LogP contribution < -0.4 is 10.6 Å². The third kappa shape index (κ3) is 4.34. The number of aryl methyl sites for hydroxylation is 2. The molecule has 0 radical (unpaired) electrons. The summed E-state index contributed by atoms with van der Waals surface area (Å²) in [7, 11) is 1.46. The molecule has 6 heteroatoms. The number of hydrogen-bond donors (Lipinski definition) is 2. The second-order valence-electron chi connectivity index (χ2n) is 5.95. The van der Waals surface area contributed by atoms with Crippen LogP contribution in [-0.4, -0.2) is 43.4 Å². The number of likely N-dealkylation sites (tertiary alicyclic amines) is 1. The maximum absolute atomic E-state index is 11.4. The minimum atomic E-state index is -0.580. The normalized spacial score (nSPS) is 16.5. The Morgan fingerprint density at radius 1 is 1.27 bits per heavy atom. The molecule has 2 heterocycles. The van der Waals surface area contributed by atoms with Crippen molar-refractivity contribution in [3.05, 3.63) is 23.2 Å². The summed E-state index contributed by atoms with van der Waals surface area (Å²) in [4.78, 5) is 25.0. The molecule has 0 unspecified atom stereocenters. The van der Waals surface area contributed by atoms with Gasteiger partial charge in [0.25, 0.3) is 0 Å². The molecule has 1 aromatic rings. The van der Waals surface area contributed by atoms with Gasteiger partial charge in [-0.1, -0.05) is 0 Å². The molecule has 1 aliphatic rings. The van der Waals surface area contributed by atoms with E-state index < -0.39 is 11.8 Å². The predicted molar refractivity (Wildman–Crippen MR) is 83.3 cm³/mol. The zero-order valence-corrected chi connectivity index (χ0v) is 13.6. The summed E-state index contributed by atoms with van der Waals surface area (Å²) in [5.74, 6) is 1.27. The van der Waals surface area contributed by atoms with Crippen molar-refractivity contribution in [2.75, 3.05) is 26.7 Å². The monoisotopic (exact) mass is 307 g/mol. The number of carbonyl (C=O) groups is 2. The van der Waals surface area contributed by atoms with Crippen molar-refractivity contribution in [2.24, 2.45) is 5.92 Å². The van der Waals surface area contributed by atoms with E-state index in [1.807, 2.05) is 13.8 Å². The number of furan rings is 1. The van der Waals surface area contributed by atoms with Crippen molar-refractivity contribution in [1.82, 2.24) is 15.5 Å². The van der Waals surface area contributed by atoms with Gasteiger partial charge in [-0.2, -0.15) is 0 Å². The summed E-state index contributed by atoms with van der Waals surface area (Å²) in [5.41, 5.74) is 1.25. The fraction of sp³-hybridized carbons (Fsp3) is 0.625. The van der Waals surface area contributed by atoms with Gasteiger partial charge in [0, 0.05) is 25.7 Å². The van der Waals surface area contributed by atoms with Crippen LogP contribution in [0.4, 0.5) is 0 Å². The molecule has 1 fully saturated rings. The fourth-order valence-electron chi connectivity index (χ4n) is 2.86. The first-order valence-electron chi connectivity index (χ1n) is 7.77. The number of carbonyl (C=O) groups excluding carboxylic acids is 2. The summed E-state index contributed by atoms with van der Waals surface area (Å²) in [6, 6.07) is 2.10. The maximum Gasteiger partial charge on any atom is 0.309 e. The molecule has 0 bridgehead atoms. The average Bonchev–Trinajstić information content (AvgIpc) is 2.83. The van der Waals surface area contributed by atoms with Crippen LogP contribution in [0.15, 0.2) is 10.5 Å². The third-order valence-corrected chi connectivity index (χ3v) is 4.23. The van der Waals surface area contributed by atoms with Crippen LogP contribution in [0.2, 0.25) is 0 Å². The number of piperidine rings is 1. The largest absolute Gasteiger partial charge is 0.466 e. The van der Waals surface area contributed by atoms with Crippen LogP contribution in [0.1, 0.15) is 29.9 Å². The van der Waals surface area contributed by atoms with E-state index in [9.17, 15) is 9.59 Å². The van der Waals surface area contributed by atoms with Gasteiger partial charge in [0.2, 0.25) is 0 Å². The summed E-state index contributed by atoms with van der Waals surface area (Å²) in [6.45, 7) is 7.47. The van der Waals surface area contributed by atoms with E-state index >= 15 is 0 Å². The molecular formula is C16H25N3O3. The first-order chi connectivity index (χ1) is 10.5. The van der Waals surface area contributed by atoms with Crippen LogP contribution in [0.3, 0.4) is 0 Å². The third-order valence-electron chi connectivity index (χ3n) is 4.23. The van der Waals surface area contributed by atoms with E-state index in [2.05, 4.69) is 21.6 Å². The predicted octanol–water partition coefficient (Wildman–Crippen LogP) is 0.971. The molecule has 2 N–H and O–H groups in total. The Morgan fingerprint density at radius 2 is 1.95 bits per heavy atom. The van der Waals surface area contributed by atoms with Gasteiger partial charge in [0.05, 0.1) is 0 Å². The molecule has 0 aromatic carbocycles. The first kappa shape index (κ1) is 16.5. The summed E-state index contributed by atoms with van der Waals surface area (Å²) in [6.07, 6.45) is 2.06. The molecule has 22 heavy (non-hydrogen) atoms. The van der Waals surface area contributed by atoms with Crippen molar-refractivity contribution in [3.8, 4) is 0 Å². The molecule has 1 aromatic heterocycles. The Balaban J connectivity index is 1.73. The van der Waals surface area contributed by atoms with E-state index in [0.717, 1.165) is 44.0 Å². The van der Waals surface area contributed by atoms with Gasteiger partial charge in [-0.05, 0) is 51.8 Å². The second-order valence-corrected chi connectivity index (χ2v) is 5.95. The molecule has 0 atom stereocenters. The second kappa shape index (κ2) is 7.45. The molecular weight excluding hydrogens is 282 g/mol. The molecule has 0 saturated carbocycles. The van der Waals surface area contributed by atoms with E-state index in [-0.39, 0.29) is 0 Å². The van der Waals surface area contributed by atoms with Gasteiger partial charge in [-0.15, -0.1) is 0 Å². The highest BCUT2D eigenvalue weighted by molar-refractivity contribution is 6.34. The Bertz CT molecular complexity index is 531. The smallest absolute Gasteiger partial charge is 0.309 e. The SMILES string of the molecule is CNC(=O)C(=O)NCC1CCN(Cc2cc(C)oc2C)CC1. The Labute approximate surface area is 131 Å². The van der Waals surface area contributed by atoms with Crippen LogP contribution in [0.5, 0.6) is 0 Å². The lowest BCUT2D eigenvalue weighted by Crippen LogP contribution is -2.42. The highest BCUT2D eigenvalue weighted by Crippen LogP contribution is 2.21. The van der Waals surface area contributed by atoms with E-state index in [1.165, 1.54) is 12.6 Å². The average molecular weight is 307 g/mol. The van der Waals surface area contributed by atoms with Gasteiger partial charge in [-0.25, -0.2) is 0 Å². The van der Waals surface area contributed by atoms with Gasteiger partial charge in [0.1, 0.15) is 11.5 Å². The fourth-order valence-corrected chi connectivity index (χ4v) is 2.86. The number of rotatable bonds is 4. The van der Waals surface area contributed by atoms with Crippen molar-refractivity contribution in [2.45, 2.75) is 33.2 Å². The zero-order valence-electron chi connectivity index (χ0n) is 13.6. The number of likely N-dealkylation sites (N-methyl/N-ethyl adjacent to an activating group) is 1. The standard InChI is InChI=1S/C16H25N3O3/c1-11-8-14(12(2)22-11)10-19-6-4-13(5-7-19)9-18-16(21)15(20)17-3/h8,13H,4-7,9-10H2,1-3H3,(H,17,20)(H,18,21). The minimum Gasteiger partial charge on any atom is -0.466 e. The summed E-state index contributed by atoms with van der Waals surface area (Å²) < 4.78 is 5.56. The van der Waals surface area contributed by atoms with Crippen LogP contribution >= 0.6 is 0 Å². The quantitative estimate of drug-likeness (QED) is 0.813. The topological polar surface area (TPSA) is 74.6 Å². The molecule has 1 saturated heterocycles. The number of hydrogen-bond acceptors (Lipinski definition) is 4. The van der Waals surface area contributed by atoms with Gasteiger partial charge in [-0.3, -0.25) is 14.5 Å². The zero-order chi connectivity index (χ0) is 16.1. The molecule has 2 amide bonds. The van der Waals surface area contributed by atoms with Crippen molar-refractivity contribution < 1.29 is 14.0 Å². The van der Waals surface area contributed by atoms with Crippen LogP contribution in [0, 0.1) is 19.8 Å². The van der Waals surface area contributed by atoms with Gasteiger partial charge < -0.3 is 15.1 Å². The Hall–Kier alpha value is -1.82. The number of amides is 2. The molecule has 2 rings (SSSR count). The lowest BCUT2D eigenvalue weighted by Gasteiger charge is -2.31.